The fraction of sp³-hybridized carbons (Fsp3) is 0.273. The highest BCUT2D eigenvalue weighted by molar-refractivity contribution is 5.99. The molecular weight excluding hydrogens is 484 g/mol. The number of benzene rings is 2. The first-order valence-electron chi connectivity index (χ1n) is 13.9. The standard InChI is InChI=1S/C17H16N2O.C16H14N2O/c20-16-6-5-13-10-15(14-3-1-7-18-11-14)9-12-4-2-8-19(16)17(12)13;19-15-4-3-11-8-14(13-2-1-6-17-10-13)9-12-5-7-18(15)16(11)12/h1,3,7,9-11H,2,4-6,8H2;1-2,6,8-10H,3-5,7H2. The summed E-state index contributed by atoms with van der Waals surface area (Å²) >= 11 is 0. The van der Waals surface area contributed by atoms with E-state index in [0.29, 0.717) is 12.8 Å². The molecule has 39 heavy (non-hydrogen) atoms. The lowest BCUT2D eigenvalue weighted by Gasteiger charge is -2.35. The zero-order chi connectivity index (χ0) is 26.3. The largest absolute Gasteiger partial charge is 0.312 e. The van der Waals surface area contributed by atoms with Crippen molar-refractivity contribution in [2.24, 2.45) is 0 Å². The third-order valence-corrected chi connectivity index (χ3v) is 8.32. The molecule has 0 N–H and O–H groups in total. The van der Waals surface area contributed by atoms with E-state index in [0.717, 1.165) is 56.3 Å². The number of aryl methyl sites for hydroxylation is 3. The highest BCUT2D eigenvalue weighted by Gasteiger charge is 2.32. The van der Waals surface area contributed by atoms with Crippen LogP contribution < -0.4 is 9.80 Å². The first kappa shape index (κ1) is 23.8. The van der Waals surface area contributed by atoms with E-state index < -0.39 is 0 Å². The van der Waals surface area contributed by atoms with Gasteiger partial charge in [0.1, 0.15) is 0 Å². The lowest BCUT2D eigenvalue weighted by Crippen LogP contribution is -2.39. The molecule has 0 bridgehead atoms. The molecule has 4 aromatic rings. The van der Waals surface area contributed by atoms with Crippen molar-refractivity contribution in [2.45, 2.75) is 44.9 Å². The van der Waals surface area contributed by atoms with Gasteiger partial charge in [-0.2, -0.15) is 0 Å². The molecule has 6 nitrogen and oxygen atoms in total. The monoisotopic (exact) mass is 514 g/mol. The van der Waals surface area contributed by atoms with Gasteiger partial charge in [-0.1, -0.05) is 12.1 Å². The Labute approximate surface area is 228 Å². The molecule has 6 heteroatoms. The van der Waals surface area contributed by atoms with E-state index in [1.54, 1.807) is 12.4 Å². The number of carbonyl (C=O) groups is 2. The molecule has 0 saturated carbocycles. The van der Waals surface area contributed by atoms with Gasteiger partial charge in [-0.15, -0.1) is 0 Å². The fourth-order valence-corrected chi connectivity index (χ4v) is 6.51. The smallest absolute Gasteiger partial charge is 0.227 e. The van der Waals surface area contributed by atoms with Crippen molar-refractivity contribution in [2.75, 3.05) is 22.9 Å². The highest BCUT2D eigenvalue weighted by atomic mass is 16.2. The summed E-state index contributed by atoms with van der Waals surface area (Å²) < 4.78 is 0. The molecule has 6 heterocycles. The van der Waals surface area contributed by atoms with Gasteiger partial charge in [-0.3, -0.25) is 19.6 Å². The van der Waals surface area contributed by atoms with Gasteiger partial charge in [0.2, 0.25) is 11.8 Å². The quantitative estimate of drug-likeness (QED) is 0.351. The van der Waals surface area contributed by atoms with Crippen LogP contribution >= 0.6 is 0 Å². The predicted molar refractivity (Wildman–Crippen MR) is 153 cm³/mol. The summed E-state index contributed by atoms with van der Waals surface area (Å²) in [6.07, 6.45) is 13.5. The minimum Gasteiger partial charge on any atom is -0.312 e. The average Bonchev–Trinajstić information content (AvgIpc) is 3.43. The predicted octanol–water partition coefficient (Wildman–Crippen LogP) is 5.56. The molecule has 2 amide bonds. The summed E-state index contributed by atoms with van der Waals surface area (Å²) in [5, 5.41) is 0. The molecule has 0 radical (unpaired) electrons. The molecule has 0 saturated heterocycles. The van der Waals surface area contributed by atoms with Gasteiger partial charge in [-0.25, -0.2) is 0 Å². The second-order valence-electron chi connectivity index (χ2n) is 10.7. The SMILES string of the molecule is O=C1CCc2cc(-c3cccnc3)cc3c2N1CC3.O=C1CCc2cc(-c3cccnc3)cc3c2N1CCC3. The zero-order valence-electron chi connectivity index (χ0n) is 21.9. The Kier molecular flexibility index (Phi) is 5.95. The molecule has 0 aliphatic carbocycles. The Morgan fingerprint density at radius 2 is 1.03 bits per heavy atom. The zero-order valence-corrected chi connectivity index (χ0v) is 21.9. The summed E-state index contributed by atoms with van der Waals surface area (Å²) in [5.74, 6) is 0.563. The van der Waals surface area contributed by atoms with Crippen molar-refractivity contribution in [3.05, 3.63) is 95.6 Å². The Morgan fingerprint density at radius 3 is 1.54 bits per heavy atom. The number of aromatic nitrogens is 2. The van der Waals surface area contributed by atoms with Gasteiger partial charge in [0.15, 0.2) is 0 Å². The van der Waals surface area contributed by atoms with Gasteiger partial charge in [-0.05, 0) is 102 Å². The second-order valence-corrected chi connectivity index (χ2v) is 10.7. The van der Waals surface area contributed by atoms with Crippen LogP contribution in [0, 0.1) is 0 Å². The molecule has 2 aromatic heterocycles. The highest BCUT2D eigenvalue weighted by Crippen LogP contribution is 2.40. The first-order chi connectivity index (χ1) is 19.2. The van der Waals surface area contributed by atoms with Crippen LogP contribution in [0.5, 0.6) is 0 Å². The van der Waals surface area contributed by atoms with Crippen molar-refractivity contribution in [1.29, 1.82) is 0 Å². The van der Waals surface area contributed by atoms with Crippen LogP contribution in [-0.2, 0) is 35.3 Å². The average molecular weight is 515 g/mol. The summed E-state index contributed by atoms with van der Waals surface area (Å²) in [7, 11) is 0. The molecule has 0 unspecified atom stereocenters. The van der Waals surface area contributed by atoms with Crippen molar-refractivity contribution >= 4 is 23.2 Å². The van der Waals surface area contributed by atoms with E-state index in [-0.39, 0.29) is 11.8 Å². The first-order valence-corrected chi connectivity index (χ1v) is 13.9. The molecule has 4 aliphatic heterocycles. The maximum Gasteiger partial charge on any atom is 0.227 e. The Hall–Kier alpha value is -4.32. The Morgan fingerprint density at radius 1 is 0.538 bits per heavy atom. The number of hydrogen-bond donors (Lipinski definition) is 0. The minimum atomic E-state index is 0.278. The van der Waals surface area contributed by atoms with Crippen LogP contribution in [0.2, 0.25) is 0 Å². The maximum absolute atomic E-state index is 12.0. The summed E-state index contributed by atoms with van der Waals surface area (Å²) in [6, 6.07) is 17.0. The van der Waals surface area contributed by atoms with Gasteiger partial charge in [0, 0.05) is 61.8 Å². The van der Waals surface area contributed by atoms with E-state index in [1.165, 1.54) is 44.8 Å². The van der Waals surface area contributed by atoms with Gasteiger partial charge >= 0.3 is 0 Å². The molecule has 0 atom stereocenters. The third kappa shape index (κ3) is 4.30. The molecule has 0 fully saturated rings. The number of pyridine rings is 2. The minimum absolute atomic E-state index is 0.278. The summed E-state index contributed by atoms with van der Waals surface area (Å²) in [6.45, 7) is 1.72. The van der Waals surface area contributed by atoms with Crippen molar-refractivity contribution in [3.63, 3.8) is 0 Å². The lowest BCUT2D eigenvalue weighted by molar-refractivity contribution is -0.119. The van der Waals surface area contributed by atoms with E-state index >= 15 is 0 Å². The molecule has 4 aliphatic rings. The van der Waals surface area contributed by atoms with Crippen LogP contribution in [0.1, 0.15) is 41.5 Å². The number of hydrogen-bond acceptors (Lipinski definition) is 4. The third-order valence-electron chi connectivity index (χ3n) is 8.32. The molecule has 0 spiro atoms. The molecular formula is C33H30N4O2. The van der Waals surface area contributed by atoms with Crippen LogP contribution in [-0.4, -0.2) is 34.9 Å². The normalized spacial score (nSPS) is 16.8. The van der Waals surface area contributed by atoms with Crippen molar-refractivity contribution < 1.29 is 9.59 Å². The number of anilines is 2. The Balaban J connectivity index is 0.000000130. The summed E-state index contributed by atoms with van der Waals surface area (Å²) in [4.78, 5) is 36.3. The van der Waals surface area contributed by atoms with E-state index in [9.17, 15) is 9.59 Å². The van der Waals surface area contributed by atoms with Gasteiger partial charge in [0.25, 0.3) is 0 Å². The molecule has 8 rings (SSSR count). The molecule has 2 aromatic carbocycles. The summed E-state index contributed by atoms with van der Waals surface area (Å²) in [5.41, 5.74) is 12.4. The van der Waals surface area contributed by atoms with Crippen LogP contribution in [0.25, 0.3) is 22.3 Å². The number of nitrogens with zero attached hydrogens (tertiary/aromatic N) is 4. The number of rotatable bonds is 2. The van der Waals surface area contributed by atoms with E-state index in [2.05, 4.69) is 46.4 Å². The number of amides is 2. The number of carbonyl (C=O) groups excluding carboxylic acids is 2. The van der Waals surface area contributed by atoms with E-state index in [1.807, 2.05) is 34.3 Å². The van der Waals surface area contributed by atoms with Crippen molar-refractivity contribution in [1.82, 2.24) is 9.97 Å². The fourth-order valence-electron chi connectivity index (χ4n) is 6.51. The molecule has 194 valence electrons. The lowest BCUT2D eigenvalue weighted by atomic mass is 9.88. The van der Waals surface area contributed by atoms with Crippen LogP contribution in [0.4, 0.5) is 11.4 Å². The maximum atomic E-state index is 12.0. The Bertz CT molecular complexity index is 1570. The topological polar surface area (TPSA) is 66.4 Å². The van der Waals surface area contributed by atoms with Gasteiger partial charge in [0.05, 0.1) is 11.4 Å². The van der Waals surface area contributed by atoms with Gasteiger partial charge < -0.3 is 9.80 Å². The second kappa shape index (κ2) is 9.77. The van der Waals surface area contributed by atoms with E-state index in [4.69, 9.17) is 0 Å². The van der Waals surface area contributed by atoms with Crippen LogP contribution in [0.3, 0.4) is 0 Å². The van der Waals surface area contributed by atoms with Crippen molar-refractivity contribution in [3.8, 4) is 22.3 Å². The van der Waals surface area contributed by atoms with Crippen LogP contribution in [0.15, 0.2) is 73.3 Å².